The van der Waals surface area contributed by atoms with Crippen molar-refractivity contribution >= 4 is 23.7 Å². The summed E-state index contributed by atoms with van der Waals surface area (Å²) in [5.74, 6) is 0.717. The van der Waals surface area contributed by atoms with Crippen LogP contribution >= 0.6 is 0 Å². The van der Waals surface area contributed by atoms with Crippen LogP contribution in [-0.2, 0) is 0 Å². The van der Waals surface area contributed by atoms with Gasteiger partial charge in [0.25, 0.3) is 5.91 Å². The van der Waals surface area contributed by atoms with Crippen molar-refractivity contribution in [1.29, 1.82) is 0 Å². The van der Waals surface area contributed by atoms with E-state index in [2.05, 4.69) is 5.32 Å². The number of aryl methyl sites for hydroxylation is 1. The monoisotopic (exact) mass is 343 g/mol. The SMILES string of the molecule is COc1cccc(/C=C/c2ccc(C)c(NC(=O)c3ccccc3)c2)c1. The molecule has 0 radical (unpaired) electrons. The fraction of sp³-hybridized carbons (Fsp3) is 0.0870. The van der Waals surface area contributed by atoms with Crippen molar-refractivity contribution in [3.63, 3.8) is 0 Å². The minimum absolute atomic E-state index is 0.109. The maximum Gasteiger partial charge on any atom is 0.255 e. The molecule has 3 heteroatoms. The van der Waals surface area contributed by atoms with Crippen LogP contribution in [0.3, 0.4) is 0 Å². The molecule has 3 aromatic rings. The van der Waals surface area contributed by atoms with Gasteiger partial charge >= 0.3 is 0 Å². The van der Waals surface area contributed by atoms with Crippen molar-refractivity contribution < 1.29 is 9.53 Å². The zero-order valence-corrected chi connectivity index (χ0v) is 14.9. The number of benzene rings is 3. The van der Waals surface area contributed by atoms with Crippen LogP contribution in [0.25, 0.3) is 12.2 Å². The Morgan fingerprint density at radius 2 is 1.62 bits per heavy atom. The first-order valence-electron chi connectivity index (χ1n) is 8.45. The Morgan fingerprint density at radius 1 is 0.885 bits per heavy atom. The number of hydrogen-bond acceptors (Lipinski definition) is 2. The largest absolute Gasteiger partial charge is 0.497 e. The molecule has 0 saturated heterocycles. The topological polar surface area (TPSA) is 38.3 Å². The second kappa shape index (κ2) is 8.17. The zero-order chi connectivity index (χ0) is 18.4. The average molecular weight is 343 g/mol. The Balaban J connectivity index is 1.79. The van der Waals surface area contributed by atoms with Gasteiger partial charge in [0.2, 0.25) is 0 Å². The van der Waals surface area contributed by atoms with E-state index < -0.39 is 0 Å². The molecule has 0 spiro atoms. The van der Waals surface area contributed by atoms with E-state index in [-0.39, 0.29) is 5.91 Å². The van der Waals surface area contributed by atoms with Gasteiger partial charge in [0.05, 0.1) is 7.11 Å². The summed E-state index contributed by atoms with van der Waals surface area (Å²) in [6.07, 6.45) is 4.04. The van der Waals surface area contributed by atoms with Gasteiger partial charge in [-0.1, -0.05) is 54.6 Å². The maximum atomic E-state index is 12.4. The molecule has 0 aromatic heterocycles. The third-order valence-corrected chi connectivity index (χ3v) is 4.11. The normalized spacial score (nSPS) is 10.7. The molecule has 0 atom stereocenters. The highest BCUT2D eigenvalue weighted by atomic mass is 16.5. The number of carbonyl (C=O) groups excluding carboxylic acids is 1. The molecule has 3 nitrogen and oxygen atoms in total. The molecule has 1 N–H and O–H groups in total. The number of rotatable bonds is 5. The van der Waals surface area contributed by atoms with E-state index in [9.17, 15) is 4.79 Å². The van der Waals surface area contributed by atoms with Gasteiger partial charge in [-0.25, -0.2) is 0 Å². The van der Waals surface area contributed by atoms with E-state index in [1.165, 1.54) is 0 Å². The Labute approximate surface area is 154 Å². The summed E-state index contributed by atoms with van der Waals surface area (Å²) in [5.41, 5.74) is 4.55. The summed E-state index contributed by atoms with van der Waals surface area (Å²) in [4.78, 5) is 12.4. The molecule has 0 bridgehead atoms. The number of methoxy groups -OCH3 is 1. The Bertz CT molecular complexity index is 930. The van der Waals surface area contributed by atoms with E-state index in [1.807, 2.05) is 79.7 Å². The zero-order valence-electron chi connectivity index (χ0n) is 14.9. The number of hydrogen-bond donors (Lipinski definition) is 1. The van der Waals surface area contributed by atoms with Crippen LogP contribution in [0.1, 0.15) is 27.0 Å². The fourth-order valence-electron chi connectivity index (χ4n) is 2.60. The first-order chi connectivity index (χ1) is 12.7. The van der Waals surface area contributed by atoms with Crippen LogP contribution < -0.4 is 10.1 Å². The van der Waals surface area contributed by atoms with Crippen molar-refractivity contribution in [2.24, 2.45) is 0 Å². The van der Waals surface area contributed by atoms with E-state index >= 15 is 0 Å². The van der Waals surface area contributed by atoms with E-state index in [4.69, 9.17) is 4.74 Å². The minimum Gasteiger partial charge on any atom is -0.497 e. The molecule has 0 heterocycles. The summed E-state index contributed by atoms with van der Waals surface area (Å²) >= 11 is 0. The number of anilines is 1. The molecule has 0 saturated carbocycles. The Morgan fingerprint density at radius 3 is 2.35 bits per heavy atom. The Hall–Kier alpha value is -3.33. The lowest BCUT2D eigenvalue weighted by Crippen LogP contribution is -2.12. The van der Waals surface area contributed by atoms with Crippen molar-refractivity contribution in [2.75, 3.05) is 12.4 Å². The summed E-state index contributed by atoms with van der Waals surface area (Å²) in [5, 5.41) is 2.99. The summed E-state index contributed by atoms with van der Waals surface area (Å²) in [7, 11) is 1.66. The summed E-state index contributed by atoms with van der Waals surface area (Å²) < 4.78 is 5.25. The van der Waals surface area contributed by atoms with Gasteiger partial charge in [0.1, 0.15) is 5.75 Å². The van der Waals surface area contributed by atoms with Crippen LogP contribution in [0.15, 0.2) is 72.8 Å². The van der Waals surface area contributed by atoms with E-state index in [0.29, 0.717) is 5.56 Å². The van der Waals surface area contributed by atoms with Crippen LogP contribution in [-0.4, -0.2) is 13.0 Å². The third-order valence-electron chi connectivity index (χ3n) is 4.11. The van der Waals surface area contributed by atoms with Crippen LogP contribution in [0.5, 0.6) is 5.75 Å². The highest BCUT2D eigenvalue weighted by Crippen LogP contribution is 2.20. The fourth-order valence-corrected chi connectivity index (χ4v) is 2.60. The van der Waals surface area contributed by atoms with Gasteiger partial charge < -0.3 is 10.1 Å². The molecule has 3 rings (SSSR count). The molecule has 0 aliphatic heterocycles. The van der Waals surface area contributed by atoms with E-state index in [1.54, 1.807) is 19.2 Å². The van der Waals surface area contributed by atoms with Crippen molar-refractivity contribution in [3.8, 4) is 5.75 Å². The summed E-state index contributed by atoms with van der Waals surface area (Å²) in [6.45, 7) is 1.98. The lowest BCUT2D eigenvalue weighted by molar-refractivity contribution is 0.102. The first kappa shape index (κ1) is 17.5. The molecule has 0 aliphatic carbocycles. The van der Waals surface area contributed by atoms with Gasteiger partial charge in [0.15, 0.2) is 0 Å². The van der Waals surface area contributed by atoms with Crippen LogP contribution in [0, 0.1) is 6.92 Å². The van der Waals surface area contributed by atoms with Gasteiger partial charge in [-0.15, -0.1) is 0 Å². The lowest BCUT2D eigenvalue weighted by Gasteiger charge is -2.09. The second-order valence-electron chi connectivity index (χ2n) is 6.00. The quantitative estimate of drug-likeness (QED) is 0.628. The standard InChI is InChI=1S/C23H21NO2/c1-17-11-12-19(14-13-18-7-6-10-21(15-18)26-2)16-22(17)24-23(25)20-8-4-3-5-9-20/h3-16H,1-2H3,(H,24,25)/b14-13+. The molecule has 26 heavy (non-hydrogen) atoms. The number of carbonyl (C=O) groups is 1. The predicted molar refractivity (Wildman–Crippen MR) is 107 cm³/mol. The average Bonchev–Trinajstić information content (AvgIpc) is 2.69. The number of amides is 1. The number of ether oxygens (including phenoxy) is 1. The molecule has 1 amide bonds. The first-order valence-corrected chi connectivity index (χ1v) is 8.45. The maximum absolute atomic E-state index is 12.4. The second-order valence-corrected chi connectivity index (χ2v) is 6.00. The van der Waals surface area contributed by atoms with Crippen molar-refractivity contribution in [1.82, 2.24) is 0 Å². The van der Waals surface area contributed by atoms with Crippen LogP contribution in [0.4, 0.5) is 5.69 Å². The van der Waals surface area contributed by atoms with E-state index in [0.717, 1.165) is 28.1 Å². The highest BCUT2D eigenvalue weighted by molar-refractivity contribution is 6.04. The molecule has 130 valence electrons. The molecule has 0 fully saturated rings. The molecule has 0 unspecified atom stereocenters. The van der Waals surface area contributed by atoms with Crippen LogP contribution in [0.2, 0.25) is 0 Å². The van der Waals surface area contributed by atoms with Crippen molar-refractivity contribution in [2.45, 2.75) is 6.92 Å². The summed E-state index contributed by atoms with van der Waals surface area (Å²) in [6, 6.07) is 23.1. The lowest BCUT2D eigenvalue weighted by atomic mass is 10.1. The minimum atomic E-state index is -0.109. The molecular formula is C23H21NO2. The van der Waals surface area contributed by atoms with Gasteiger partial charge in [0, 0.05) is 11.3 Å². The highest BCUT2D eigenvalue weighted by Gasteiger charge is 2.07. The van der Waals surface area contributed by atoms with Gasteiger partial charge in [-0.05, 0) is 53.9 Å². The van der Waals surface area contributed by atoms with Gasteiger partial charge in [-0.3, -0.25) is 4.79 Å². The Kier molecular flexibility index (Phi) is 5.49. The molecule has 0 aliphatic rings. The van der Waals surface area contributed by atoms with Gasteiger partial charge in [-0.2, -0.15) is 0 Å². The number of nitrogens with one attached hydrogen (secondary N) is 1. The van der Waals surface area contributed by atoms with Crippen molar-refractivity contribution in [3.05, 3.63) is 95.1 Å². The molecule has 3 aromatic carbocycles. The smallest absolute Gasteiger partial charge is 0.255 e. The third kappa shape index (κ3) is 4.39. The predicted octanol–water partition coefficient (Wildman–Crippen LogP) is 5.43. The molecular weight excluding hydrogens is 322 g/mol.